The van der Waals surface area contributed by atoms with E-state index in [2.05, 4.69) is 34.4 Å². The number of ether oxygens (including phenoxy) is 1. The van der Waals surface area contributed by atoms with Gasteiger partial charge in [0.2, 0.25) is 0 Å². The zero-order chi connectivity index (χ0) is 16.9. The van der Waals surface area contributed by atoms with E-state index < -0.39 is 0 Å². The summed E-state index contributed by atoms with van der Waals surface area (Å²) in [6.07, 6.45) is 8.32. The van der Waals surface area contributed by atoms with E-state index in [1.54, 1.807) is 0 Å². The van der Waals surface area contributed by atoms with Gasteiger partial charge in [-0.2, -0.15) is 0 Å². The lowest BCUT2D eigenvalue weighted by atomic mass is 9.92. The van der Waals surface area contributed by atoms with Gasteiger partial charge in [-0.25, -0.2) is 0 Å². The van der Waals surface area contributed by atoms with Crippen LogP contribution in [0.5, 0.6) is 0 Å². The highest BCUT2D eigenvalue weighted by atomic mass is 16.5. The average Bonchev–Trinajstić information content (AvgIpc) is 3.15. The molecule has 0 radical (unpaired) electrons. The number of unbranched alkanes of at least 4 members (excludes halogenated alkanes) is 1. The Kier molecular flexibility index (Phi) is 6.39. The van der Waals surface area contributed by atoms with Crippen molar-refractivity contribution < 1.29 is 4.74 Å². The highest BCUT2D eigenvalue weighted by Crippen LogP contribution is 2.34. The standard InChI is InChI=1S/C19H36N4O/c1-14-10-15(2)13-23(12-14)9-5-4-8-21-19(20-3)22-17-11-16-6-7-18(17)24-16/h14-18H,4-13H2,1-3H3,(H2,20,21,22). The minimum Gasteiger partial charge on any atom is -0.373 e. The van der Waals surface area contributed by atoms with Crippen molar-refractivity contribution in [3.05, 3.63) is 0 Å². The molecule has 5 atom stereocenters. The molecule has 3 rings (SSSR count). The Morgan fingerprint density at radius 3 is 2.54 bits per heavy atom. The number of nitrogens with zero attached hydrogens (tertiary/aromatic N) is 2. The molecule has 5 nitrogen and oxygen atoms in total. The van der Waals surface area contributed by atoms with Gasteiger partial charge in [-0.1, -0.05) is 13.8 Å². The lowest BCUT2D eigenvalue weighted by Crippen LogP contribution is -2.47. The Bertz CT molecular complexity index is 418. The molecule has 0 spiro atoms. The molecular weight excluding hydrogens is 300 g/mol. The number of piperidine rings is 1. The highest BCUT2D eigenvalue weighted by molar-refractivity contribution is 5.80. The summed E-state index contributed by atoms with van der Waals surface area (Å²) >= 11 is 0. The van der Waals surface area contributed by atoms with E-state index >= 15 is 0 Å². The Labute approximate surface area is 147 Å². The lowest BCUT2D eigenvalue weighted by molar-refractivity contribution is 0.0992. The average molecular weight is 337 g/mol. The maximum atomic E-state index is 5.91. The maximum Gasteiger partial charge on any atom is 0.191 e. The van der Waals surface area contributed by atoms with Crippen LogP contribution in [0, 0.1) is 11.8 Å². The summed E-state index contributed by atoms with van der Waals surface area (Å²) in [5, 5.41) is 7.03. The first-order chi connectivity index (χ1) is 11.6. The van der Waals surface area contributed by atoms with Crippen LogP contribution in [0.25, 0.3) is 0 Å². The zero-order valence-corrected chi connectivity index (χ0v) is 15.8. The minimum atomic E-state index is 0.400. The molecule has 5 heteroatoms. The molecule has 0 amide bonds. The van der Waals surface area contributed by atoms with Gasteiger partial charge in [0.25, 0.3) is 0 Å². The van der Waals surface area contributed by atoms with Crippen molar-refractivity contribution in [2.75, 3.05) is 33.2 Å². The smallest absolute Gasteiger partial charge is 0.191 e. The van der Waals surface area contributed by atoms with Crippen LogP contribution in [0.15, 0.2) is 4.99 Å². The first kappa shape index (κ1) is 18.0. The summed E-state index contributed by atoms with van der Waals surface area (Å²) in [7, 11) is 1.86. The van der Waals surface area contributed by atoms with E-state index in [1.165, 1.54) is 51.7 Å². The molecule has 2 bridgehead atoms. The summed E-state index contributed by atoms with van der Waals surface area (Å²) < 4.78 is 5.91. The summed E-state index contributed by atoms with van der Waals surface area (Å²) in [5.41, 5.74) is 0. The molecular formula is C19H36N4O. The second-order valence-corrected chi connectivity index (χ2v) is 8.27. The largest absolute Gasteiger partial charge is 0.373 e. The number of hydrogen-bond acceptors (Lipinski definition) is 3. The summed E-state index contributed by atoms with van der Waals surface area (Å²) in [6, 6.07) is 0.450. The summed E-state index contributed by atoms with van der Waals surface area (Å²) in [5.74, 6) is 2.66. The molecule has 0 aromatic rings. The van der Waals surface area contributed by atoms with E-state index in [4.69, 9.17) is 4.74 Å². The van der Waals surface area contributed by atoms with Gasteiger partial charge < -0.3 is 20.3 Å². The molecule has 3 aliphatic rings. The fraction of sp³-hybridized carbons (Fsp3) is 0.947. The van der Waals surface area contributed by atoms with Gasteiger partial charge in [-0.15, -0.1) is 0 Å². The molecule has 0 aliphatic carbocycles. The molecule has 5 unspecified atom stereocenters. The monoisotopic (exact) mass is 336 g/mol. The van der Waals surface area contributed by atoms with E-state index in [1.807, 2.05) is 7.05 Å². The van der Waals surface area contributed by atoms with Crippen molar-refractivity contribution >= 4 is 5.96 Å². The molecule has 3 aliphatic heterocycles. The number of fused-ring (bicyclic) bond motifs is 2. The van der Waals surface area contributed by atoms with Crippen molar-refractivity contribution in [1.29, 1.82) is 0 Å². The summed E-state index contributed by atoms with van der Waals surface area (Å²) in [6.45, 7) is 9.58. The number of guanidine groups is 1. The molecule has 138 valence electrons. The van der Waals surface area contributed by atoms with Crippen LogP contribution in [-0.4, -0.2) is 62.3 Å². The number of nitrogens with one attached hydrogen (secondary N) is 2. The van der Waals surface area contributed by atoms with Crippen LogP contribution in [0.1, 0.15) is 52.4 Å². The molecule has 0 saturated carbocycles. The van der Waals surface area contributed by atoms with Crippen molar-refractivity contribution in [2.45, 2.75) is 70.6 Å². The SMILES string of the molecule is CN=C(NCCCCN1CC(C)CC(C)C1)NC1CC2CCC1O2. The van der Waals surface area contributed by atoms with Crippen molar-refractivity contribution in [3.63, 3.8) is 0 Å². The second-order valence-electron chi connectivity index (χ2n) is 8.27. The third-order valence-corrected chi connectivity index (χ3v) is 5.79. The minimum absolute atomic E-state index is 0.400. The number of likely N-dealkylation sites (tertiary alicyclic amines) is 1. The summed E-state index contributed by atoms with van der Waals surface area (Å²) in [4.78, 5) is 7.02. The molecule has 3 fully saturated rings. The number of aliphatic imine (C=N–C) groups is 1. The van der Waals surface area contributed by atoms with E-state index in [-0.39, 0.29) is 0 Å². The normalized spacial score (nSPS) is 37.0. The third-order valence-electron chi connectivity index (χ3n) is 5.79. The predicted octanol–water partition coefficient (Wildman–Crippen LogP) is 2.23. The number of rotatable bonds is 6. The Morgan fingerprint density at radius 2 is 1.92 bits per heavy atom. The van der Waals surface area contributed by atoms with Crippen LogP contribution in [0.2, 0.25) is 0 Å². The molecule has 0 aromatic carbocycles. The van der Waals surface area contributed by atoms with Gasteiger partial charge in [0, 0.05) is 26.7 Å². The Hall–Kier alpha value is -0.810. The topological polar surface area (TPSA) is 48.9 Å². The molecule has 24 heavy (non-hydrogen) atoms. The third kappa shape index (κ3) is 4.85. The van der Waals surface area contributed by atoms with E-state index in [0.717, 1.165) is 30.8 Å². The quantitative estimate of drug-likeness (QED) is 0.444. The van der Waals surface area contributed by atoms with Crippen LogP contribution < -0.4 is 10.6 Å². The van der Waals surface area contributed by atoms with Gasteiger partial charge in [0.15, 0.2) is 5.96 Å². The molecule has 2 N–H and O–H groups in total. The molecule has 3 heterocycles. The first-order valence-electron chi connectivity index (χ1n) is 9.99. The second kappa shape index (κ2) is 8.52. The Morgan fingerprint density at radius 1 is 1.12 bits per heavy atom. The van der Waals surface area contributed by atoms with Gasteiger partial charge in [-0.3, -0.25) is 4.99 Å². The van der Waals surface area contributed by atoms with Crippen molar-refractivity contribution in [3.8, 4) is 0 Å². The highest BCUT2D eigenvalue weighted by Gasteiger charge is 2.41. The lowest BCUT2D eigenvalue weighted by Gasteiger charge is -2.35. The fourth-order valence-electron chi connectivity index (χ4n) is 4.80. The molecule has 3 saturated heterocycles. The van der Waals surface area contributed by atoms with Crippen LogP contribution in [-0.2, 0) is 4.74 Å². The molecule has 0 aromatic heterocycles. The Balaban J connectivity index is 1.28. The van der Waals surface area contributed by atoms with Crippen LogP contribution in [0.3, 0.4) is 0 Å². The number of hydrogen-bond donors (Lipinski definition) is 2. The zero-order valence-electron chi connectivity index (χ0n) is 15.8. The predicted molar refractivity (Wildman–Crippen MR) is 99.4 cm³/mol. The van der Waals surface area contributed by atoms with Crippen molar-refractivity contribution in [2.24, 2.45) is 16.8 Å². The van der Waals surface area contributed by atoms with Gasteiger partial charge in [0.1, 0.15) is 0 Å². The first-order valence-corrected chi connectivity index (χ1v) is 9.99. The van der Waals surface area contributed by atoms with E-state index in [0.29, 0.717) is 18.2 Å². The van der Waals surface area contributed by atoms with Gasteiger partial charge in [0.05, 0.1) is 18.2 Å². The van der Waals surface area contributed by atoms with Crippen LogP contribution >= 0.6 is 0 Å². The maximum absolute atomic E-state index is 5.91. The van der Waals surface area contributed by atoms with Gasteiger partial charge in [-0.05, 0) is 56.9 Å². The van der Waals surface area contributed by atoms with E-state index in [9.17, 15) is 0 Å². The van der Waals surface area contributed by atoms with Crippen molar-refractivity contribution in [1.82, 2.24) is 15.5 Å². The fourth-order valence-corrected chi connectivity index (χ4v) is 4.80. The van der Waals surface area contributed by atoms with Gasteiger partial charge >= 0.3 is 0 Å². The van der Waals surface area contributed by atoms with Crippen LogP contribution in [0.4, 0.5) is 0 Å².